The molecule has 3 N–H and O–H groups in total. The van der Waals surface area contributed by atoms with E-state index in [1.807, 2.05) is 4.90 Å². The topological polar surface area (TPSA) is 65.6 Å². The molecule has 1 aliphatic carbocycles. The van der Waals surface area contributed by atoms with Crippen molar-refractivity contribution in [3.05, 3.63) is 0 Å². The van der Waals surface area contributed by atoms with E-state index in [2.05, 4.69) is 36.9 Å². The van der Waals surface area contributed by atoms with Crippen molar-refractivity contribution >= 4 is 5.91 Å². The molecule has 0 radical (unpaired) electrons. The van der Waals surface area contributed by atoms with E-state index in [9.17, 15) is 4.79 Å². The number of nitrogens with zero attached hydrogens (tertiary/aromatic N) is 1. The summed E-state index contributed by atoms with van der Waals surface area (Å²) < 4.78 is 6.23. The van der Waals surface area contributed by atoms with Crippen molar-refractivity contribution in [2.75, 3.05) is 26.2 Å². The SMILES string of the molecule is CC1CCC(C(C)C)C(OCC(=O)N(CC2CCCN2)C2CCNN2)C1. The first-order chi connectivity index (χ1) is 12.5. The van der Waals surface area contributed by atoms with Crippen molar-refractivity contribution < 1.29 is 9.53 Å². The highest BCUT2D eigenvalue weighted by atomic mass is 16.5. The zero-order valence-electron chi connectivity index (χ0n) is 16.8. The van der Waals surface area contributed by atoms with E-state index in [0.717, 1.165) is 38.9 Å². The van der Waals surface area contributed by atoms with Crippen molar-refractivity contribution in [1.82, 2.24) is 21.1 Å². The molecule has 3 aliphatic rings. The van der Waals surface area contributed by atoms with Gasteiger partial charge < -0.3 is 15.0 Å². The molecule has 2 aliphatic heterocycles. The van der Waals surface area contributed by atoms with Crippen molar-refractivity contribution in [2.45, 2.75) is 77.6 Å². The second-order valence-corrected chi connectivity index (χ2v) is 8.89. The highest BCUT2D eigenvalue weighted by Gasteiger charge is 2.34. The molecule has 1 saturated carbocycles. The predicted octanol–water partition coefficient (Wildman–Crippen LogP) is 1.87. The molecule has 6 nitrogen and oxygen atoms in total. The monoisotopic (exact) mass is 366 g/mol. The Balaban J connectivity index is 1.57. The van der Waals surface area contributed by atoms with E-state index in [4.69, 9.17) is 4.74 Å². The van der Waals surface area contributed by atoms with Gasteiger partial charge >= 0.3 is 0 Å². The van der Waals surface area contributed by atoms with Crippen LogP contribution in [0.4, 0.5) is 0 Å². The summed E-state index contributed by atoms with van der Waals surface area (Å²) in [5.41, 5.74) is 6.42. The lowest BCUT2D eigenvalue weighted by molar-refractivity contribution is -0.144. The fourth-order valence-electron chi connectivity index (χ4n) is 4.83. The van der Waals surface area contributed by atoms with E-state index in [0.29, 0.717) is 23.8 Å². The van der Waals surface area contributed by atoms with Gasteiger partial charge in [-0.2, -0.15) is 0 Å². The van der Waals surface area contributed by atoms with Crippen LogP contribution in [0.25, 0.3) is 0 Å². The quantitative estimate of drug-likeness (QED) is 0.642. The maximum Gasteiger partial charge on any atom is 0.249 e. The third-order valence-corrected chi connectivity index (χ3v) is 6.47. The average Bonchev–Trinajstić information content (AvgIpc) is 3.30. The number of hydrazine groups is 1. The number of carbonyl (C=O) groups excluding carboxylic acids is 1. The molecule has 150 valence electrons. The highest BCUT2D eigenvalue weighted by Crippen LogP contribution is 2.35. The summed E-state index contributed by atoms with van der Waals surface area (Å²) in [6.07, 6.45) is 7.21. The van der Waals surface area contributed by atoms with Crippen LogP contribution in [0.15, 0.2) is 0 Å². The van der Waals surface area contributed by atoms with Crippen LogP contribution < -0.4 is 16.2 Å². The molecule has 2 heterocycles. The lowest BCUT2D eigenvalue weighted by Crippen LogP contribution is -2.53. The van der Waals surface area contributed by atoms with Gasteiger partial charge in [0.05, 0.1) is 12.3 Å². The van der Waals surface area contributed by atoms with Gasteiger partial charge in [0.25, 0.3) is 0 Å². The summed E-state index contributed by atoms with van der Waals surface area (Å²) in [7, 11) is 0. The first-order valence-electron chi connectivity index (χ1n) is 10.7. The minimum Gasteiger partial charge on any atom is -0.368 e. The Bertz CT molecular complexity index is 447. The zero-order valence-corrected chi connectivity index (χ0v) is 16.8. The van der Waals surface area contributed by atoms with Gasteiger partial charge in [-0.1, -0.05) is 27.2 Å². The Morgan fingerprint density at radius 3 is 2.69 bits per heavy atom. The van der Waals surface area contributed by atoms with Gasteiger partial charge in [-0.05, 0) is 56.4 Å². The lowest BCUT2D eigenvalue weighted by atomic mass is 9.75. The van der Waals surface area contributed by atoms with Crippen LogP contribution in [-0.4, -0.2) is 55.4 Å². The molecule has 2 saturated heterocycles. The predicted molar refractivity (Wildman–Crippen MR) is 103 cm³/mol. The van der Waals surface area contributed by atoms with Crippen molar-refractivity contribution in [3.63, 3.8) is 0 Å². The van der Waals surface area contributed by atoms with Gasteiger partial charge in [-0.15, -0.1) is 0 Å². The third-order valence-electron chi connectivity index (χ3n) is 6.47. The van der Waals surface area contributed by atoms with E-state index in [1.165, 1.54) is 19.3 Å². The number of ether oxygens (including phenoxy) is 1. The fourth-order valence-corrected chi connectivity index (χ4v) is 4.83. The number of carbonyl (C=O) groups is 1. The number of rotatable bonds is 7. The Labute approximate surface area is 158 Å². The van der Waals surface area contributed by atoms with E-state index in [-0.39, 0.29) is 24.8 Å². The summed E-state index contributed by atoms with van der Waals surface area (Å²) in [4.78, 5) is 15.0. The minimum atomic E-state index is 0.0830. The van der Waals surface area contributed by atoms with Gasteiger partial charge in [-0.25, -0.2) is 5.43 Å². The zero-order chi connectivity index (χ0) is 18.5. The fraction of sp³-hybridized carbons (Fsp3) is 0.950. The number of hydrogen-bond donors (Lipinski definition) is 3. The first kappa shape index (κ1) is 20.1. The van der Waals surface area contributed by atoms with Crippen LogP contribution >= 0.6 is 0 Å². The van der Waals surface area contributed by atoms with Crippen LogP contribution in [0.3, 0.4) is 0 Å². The van der Waals surface area contributed by atoms with Gasteiger partial charge in [0.1, 0.15) is 6.61 Å². The van der Waals surface area contributed by atoms with Crippen LogP contribution in [-0.2, 0) is 9.53 Å². The van der Waals surface area contributed by atoms with Gasteiger partial charge in [-0.3, -0.25) is 10.2 Å². The molecule has 1 amide bonds. The normalized spacial score (nSPS) is 35.2. The molecule has 0 spiro atoms. The Hall–Kier alpha value is -0.690. The summed E-state index contributed by atoms with van der Waals surface area (Å²) in [6, 6.07) is 0.416. The van der Waals surface area contributed by atoms with Gasteiger partial charge in [0, 0.05) is 19.1 Å². The molecular weight excluding hydrogens is 328 g/mol. The molecular formula is C20H38N4O2. The van der Waals surface area contributed by atoms with Crippen molar-refractivity contribution in [3.8, 4) is 0 Å². The summed E-state index contributed by atoms with van der Waals surface area (Å²) in [6.45, 7) is 9.83. The number of nitrogens with one attached hydrogen (secondary N) is 3. The number of amides is 1. The molecule has 0 aromatic heterocycles. The maximum absolute atomic E-state index is 13.0. The van der Waals surface area contributed by atoms with E-state index >= 15 is 0 Å². The third kappa shape index (κ3) is 5.18. The van der Waals surface area contributed by atoms with Crippen molar-refractivity contribution in [2.24, 2.45) is 17.8 Å². The molecule has 5 atom stereocenters. The molecule has 0 aromatic rings. The smallest absolute Gasteiger partial charge is 0.249 e. The standard InChI is InChI=1S/C20H38N4O2/c1-14(2)17-7-6-15(3)11-18(17)26-13-20(25)24(19-8-10-22-23-19)12-16-5-4-9-21-16/h14-19,21-23H,4-13H2,1-3H3. The van der Waals surface area contributed by atoms with Crippen LogP contribution in [0, 0.1) is 17.8 Å². The minimum absolute atomic E-state index is 0.0830. The Morgan fingerprint density at radius 2 is 2.04 bits per heavy atom. The summed E-state index contributed by atoms with van der Waals surface area (Å²) in [5, 5.41) is 3.52. The van der Waals surface area contributed by atoms with E-state index in [1.54, 1.807) is 0 Å². The van der Waals surface area contributed by atoms with Crippen molar-refractivity contribution in [1.29, 1.82) is 0 Å². The second-order valence-electron chi connectivity index (χ2n) is 8.89. The van der Waals surface area contributed by atoms with Crippen LogP contribution in [0.1, 0.15) is 59.3 Å². The molecule has 6 heteroatoms. The first-order valence-corrected chi connectivity index (χ1v) is 10.7. The maximum atomic E-state index is 13.0. The van der Waals surface area contributed by atoms with E-state index < -0.39 is 0 Å². The average molecular weight is 367 g/mol. The Morgan fingerprint density at radius 1 is 1.19 bits per heavy atom. The summed E-state index contributed by atoms with van der Waals surface area (Å²) in [5.74, 6) is 2.02. The lowest BCUT2D eigenvalue weighted by Gasteiger charge is -2.38. The molecule has 0 bridgehead atoms. The number of hydrogen-bond acceptors (Lipinski definition) is 5. The highest BCUT2D eigenvalue weighted by molar-refractivity contribution is 5.77. The molecule has 26 heavy (non-hydrogen) atoms. The molecule has 5 unspecified atom stereocenters. The summed E-state index contributed by atoms with van der Waals surface area (Å²) >= 11 is 0. The molecule has 0 aromatic carbocycles. The van der Waals surface area contributed by atoms with Crippen LogP contribution in [0.5, 0.6) is 0 Å². The molecule has 3 fully saturated rings. The van der Waals surface area contributed by atoms with Crippen LogP contribution in [0.2, 0.25) is 0 Å². The molecule has 3 rings (SSSR count). The van der Waals surface area contributed by atoms with Gasteiger partial charge in [0.15, 0.2) is 0 Å². The van der Waals surface area contributed by atoms with Gasteiger partial charge in [0.2, 0.25) is 5.91 Å². The largest absolute Gasteiger partial charge is 0.368 e. The second kappa shape index (κ2) is 9.49. The Kier molecular flexibility index (Phi) is 7.32.